The van der Waals surface area contributed by atoms with E-state index in [1.54, 1.807) is 43.0 Å². The quantitative estimate of drug-likeness (QED) is 0.424. The van der Waals surface area contributed by atoms with Crippen LogP contribution in [0.25, 0.3) is 5.65 Å². The van der Waals surface area contributed by atoms with Gasteiger partial charge >= 0.3 is 6.03 Å². The second-order valence-electron chi connectivity index (χ2n) is 7.34. The fourth-order valence-corrected chi connectivity index (χ4v) is 4.14. The summed E-state index contributed by atoms with van der Waals surface area (Å²) in [5, 5.41) is 5.59. The molecule has 0 spiro atoms. The Kier molecular flexibility index (Phi) is 5.66. The Bertz CT molecular complexity index is 1380. The molecule has 0 fully saturated rings. The second-order valence-corrected chi connectivity index (χ2v) is 8.38. The molecule has 1 aliphatic heterocycles. The van der Waals surface area contributed by atoms with E-state index in [2.05, 4.69) is 15.6 Å². The zero-order valence-electron chi connectivity index (χ0n) is 17.7. The molecule has 3 heterocycles. The van der Waals surface area contributed by atoms with E-state index in [0.29, 0.717) is 58.9 Å². The minimum absolute atomic E-state index is 0.243. The Morgan fingerprint density at radius 1 is 1.00 bits per heavy atom. The molecule has 9 nitrogen and oxygen atoms in total. The van der Waals surface area contributed by atoms with Crippen molar-refractivity contribution in [3.05, 3.63) is 76.4 Å². The maximum absolute atomic E-state index is 12.3. The average molecular weight is 465 g/mol. The zero-order chi connectivity index (χ0) is 22.8. The molecular weight excluding hydrogens is 444 g/mol. The van der Waals surface area contributed by atoms with E-state index in [4.69, 9.17) is 14.0 Å². The maximum atomic E-state index is 12.3. The van der Waals surface area contributed by atoms with Crippen molar-refractivity contribution in [1.82, 2.24) is 9.56 Å². The van der Waals surface area contributed by atoms with E-state index in [-0.39, 0.29) is 11.6 Å². The maximum Gasteiger partial charge on any atom is 0.323 e. The van der Waals surface area contributed by atoms with Crippen LogP contribution in [0.2, 0.25) is 0 Å². The molecule has 5 rings (SSSR count). The number of rotatable bonds is 5. The summed E-state index contributed by atoms with van der Waals surface area (Å²) in [6.45, 7) is 2.77. The van der Waals surface area contributed by atoms with Gasteiger partial charge in [0, 0.05) is 40.2 Å². The van der Waals surface area contributed by atoms with E-state index >= 15 is 0 Å². The summed E-state index contributed by atoms with van der Waals surface area (Å²) in [4.78, 5) is 29.9. The summed E-state index contributed by atoms with van der Waals surface area (Å²) in [5.74, 6) is 2.44. The van der Waals surface area contributed by atoms with Crippen molar-refractivity contribution in [2.45, 2.75) is 17.6 Å². The van der Waals surface area contributed by atoms with Crippen LogP contribution in [0.15, 0.2) is 68.8 Å². The normalized spacial score (nSPS) is 12.5. The Morgan fingerprint density at radius 3 is 2.55 bits per heavy atom. The molecule has 0 bridgehead atoms. The second kappa shape index (κ2) is 8.91. The van der Waals surface area contributed by atoms with Crippen molar-refractivity contribution < 1.29 is 18.8 Å². The molecule has 10 heteroatoms. The lowest BCUT2D eigenvalue weighted by molar-refractivity contribution is 0.171. The van der Waals surface area contributed by atoms with Crippen molar-refractivity contribution in [3.8, 4) is 11.5 Å². The third-order valence-corrected chi connectivity index (χ3v) is 5.87. The van der Waals surface area contributed by atoms with Gasteiger partial charge in [0.2, 0.25) is 0 Å². The van der Waals surface area contributed by atoms with E-state index < -0.39 is 0 Å². The molecule has 2 aromatic carbocycles. The number of carbonyl (C=O) groups is 1. The highest BCUT2D eigenvalue weighted by Gasteiger charge is 2.13. The van der Waals surface area contributed by atoms with Crippen LogP contribution in [0.3, 0.4) is 0 Å². The van der Waals surface area contributed by atoms with E-state index in [1.165, 1.54) is 10.6 Å². The molecule has 2 N–H and O–H groups in total. The molecule has 0 saturated heterocycles. The number of aromatic nitrogens is 2. The molecule has 2 amide bonds. The lowest BCUT2D eigenvalue weighted by atomic mass is 10.2. The first-order chi connectivity index (χ1) is 16.0. The van der Waals surface area contributed by atoms with Gasteiger partial charge in [0.25, 0.3) is 5.56 Å². The highest BCUT2D eigenvalue weighted by atomic mass is 32.2. The van der Waals surface area contributed by atoms with Gasteiger partial charge in [-0.3, -0.25) is 4.79 Å². The van der Waals surface area contributed by atoms with Crippen LogP contribution in [0.5, 0.6) is 11.5 Å². The Labute approximate surface area is 192 Å². The van der Waals surface area contributed by atoms with Gasteiger partial charge in [-0.15, -0.1) is 16.3 Å². The SMILES string of the molecule is Cc1cc2nc(CSc3ccc(NC(=O)Nc4ccc5c(c4)OCCO5)cc3)cc(=O)n2o1. The molecule has 33 heavy (non-hydrogen) atoms. The number of fused-ring (bicyclic) bond motifs is 2. The smallest absolute Gasteiger partial charge is 0.323 e. The Morgan fingerprint density at radius 2 is 1.73 bits per heavy atom. The molecular formula is C23H20N4O5S. The summed E-state index contributed by atoms with van der Waals surface area (Å²) in [7, 11) is 0. The third-order valence-electron chi connectivity index (χ3n) is 4.82. The topological polar surface area (TPSA) is 107 Å². The minimum Gasteiger partial charge on any atom is -0.486 e. The van der Waals surface area contributed by atoms with Crippen LogP contribution in [0.4, 0.5) is 16.2 Å². The zero-order valence-corrected chi connectivity index (χ0v) is 18.5. The first-order valence-corrected chi connectivity index (χ1v) is 11.2. The number of thioether (sulfide) groups is 1. The van der Waals surface area contributed by atoms with Gasteiger partial charge in [0.15, 0.2) is 17.1 Å². The number of amides is 2. The van der Waals surface area contributed by atoms with Crippen molar-refractivity contribution in [3.63, 3.8) is 0 Å². The fourth-order valence-electron chi connectivity index (χ4n) is 3.35. The van der Waals surface area contributed by atoms with Crippen LogP contribution in [-0.2, 0) is 5.75 Å². The molecule has 168 valence electrons. The number of hydrogen-bond acceptors (Lipinski definition) is 7. The number of hydrogen-bond donors (Lipinski definition) is 2. The number of anilines is 2. The molecule has 0 aliphatic carbocycles. The largest absolute Gasteiger partial charge is 0.486 e. The number of ether oxygens (including phenoxy) is 2. The number of nitrogens with zero attached hydrogens (tertiary/aromatic N) is 2. The monoisotopic (exact) mass is 464 g/mol. The highest BCUT2D eigenvalue weighted by Crippen LogP contribution is 2.32. The highest BCUT2D eigenvalue weighted by molar-refractivity contribution is 7.98. The van der Waals surface area contributed by atoms with Crippen molar-refractivity contribution in [2.75, 3.05) is 23.8 Å². The molecule has 0 radical (unpaired) electrons. The first-order valence-electron chi connectivity index (χ1n) is 10.2. The number of benzene rings is 2. The molecule has 1 aliphatic rings. The Hall–Kier alpha value is -3.92. The van der Waals surface area contributed by atoms with E-state index in [9.17, 15) is 9.59 Å². The van der Waals surface area contributed by atoms with Crippen LogP contribution < -0.4 is 25.7 Å². The van der Waals surface area contributed by atoms with Gasteiger partial charge in [-0.25, -0.2) is 9.78 Å². The summed E-state index contributed by atoms with van der Waals surface area (Å²) in [6, 6.07) is 15.5. The molecule has 0 unspecified atom stereocenters. The van der Waals surface area contributed by atoms with Gasteiger partial charge in [-0.05, 0) is 43.3 Å². The predicted molar refractivity (Wildman–Crippen MR) is 125 cm³/mol. The van der Waals surface area contributed by atoms with Crippen molar-refractivity contribution in [2.24, 2.45) is 0 Å². The Balaban J connectivity index is 1.17. The van der Waals surface area contributed by atoms with Gasteiger partial charge in [-0.2, -0.15) is 0 Å². The van der Waals surface area contributed by atoms with Crippen LogP contribution in [0, 0.1) is 6.92 Å². The number of carbonyl (C=O) groups excluding carboxylic acids is 1. The molecule has 0 atom stereocenters. The van der Waals surface area contributed by atoms with Crippen LogP contribution >= 0.6 is 11.8 Å². The van der Waals surface area contributed by atoms with Gasteiger partial charge in [0.05, 0.1) is 5.69 Å². The predicted octanol–water partition coefficient (Wildman–Crippen LogP) is 4.30. The number of urea groups is 1. The van der Waals surface area contributed by atoms with E-state index in [0.717, 1.165) is 4.90 Å². The number of aryl methyl sites for hydroxylation is 1. The standard InChI is InChI=1S/C23H20N4O5S/c1-14-10-21-24-17(12-22(28)27(21)32-14)13-33-18-5-2-15(3-6-18)25-23(29)26-16-4-7-19-20(11-16)31-9-8-30-19/h2-7,10-12H,8-9,13H2,1H3,(H2,25,26,29). The molecule has 2 aromatic heterocycles. The van der Waals surface area contributed by atoms with Gasteiger partial charge < -0.3 is 24.6 Å². The number of nitrogens with one attached hydrogen (secondary N) is 2. The van der Waals surface area contributed by atoms with Crippen LogP contribution in [0.1, 0.15) is 11.5 Å². The van der Waals surface area contributed by atoms with Gasteiger partial charge in [0.1, 0.15) is 19.0 Å². The lowest BCUT2D eigenvalue weighted by Gasteiger charge is -2.19. The fraction of sp³-hybridized carbons (Fsp3) is 0.174. The van der Waals surface area contributed by atoms with Crippen molar-refractivity contribution >= 4 is 34.8 Å². The first kappa shape index (κ1) is 21.0. The lowest BCUT2D eigenvalue weighted by Crippen LogP contribution is -2.20. The van der Waals surface area contributed by atoms with Gasteiger partial charge in [-0.1, -0.05) is 0 Å². The third kappa shape index (κ3) is 4.80. The summed E-state index contributed by atoms with van der Waals surface area (Å²) >= 11 is 1.55. The molecule has 0 saturated carbocycles. The van der Waals surface area contributed by atoms with Crippen molar-refractivity contribution in [1.29, 1.82) is 0 Å². The summed E-state index contributed by atoms with van der Waals surface area (Å²) in [6.07, 6.45) is 0. The van der Waals surface area contributed by atoms with E-state index in [1.807, 2.05) is 24.3 Å². The summed E-state index contributed by atoms with van der Waals surface area (Å²) < 4.78 is 17.5. The van der Waals surface area contributed by atoms with Crippen LogP contribution in [-0.4, -0.2) is 28.8 Å². The average Bonchev–Trinajstić information content (AvgIpc) is 3.19. The minimum atomic E-state index is -0.361. The molecule has 4 aromatic rings. The summed E-state index contributed by atoms with van der Waals surface area (Å²) in [5.41, 5.74) is 2.19.